The third-order valence-corrected chi connectivity index (χ3v) is 7.48. The van der Waals surface area contributed by atoms with Crippen molar-refractivity contribution in [1.29, 1.82) is 0 Å². The van der Waals surface area contributed by atoms with Gasteiger partial charge in [0.25, 0.3) is 23.6 Å². The molecule has 1 atom stereocenters. The van der Waals surface area contributed by atoms with Crippen LogP contribution < -0.4 is 10.6 Å². The van der Waals surface area contributed by atoms with Gasteiger partial charge in [0.05, 0.1) is 17.3 Å². The maximum atomic E-state index is 13.4. The fraction of sp³-hybridized carbons (Fsp3) is 0.258. The van der Waals surface area contributed by atoms with Crippen LogP contribution in [0.1, 0.15) is 45.8 Å². The van der Waals surface area contributed by atoms with Crippen molar-refractivity contribution >= 4 is 29.3 Å². The third-order valence-electron chi connectivity index (χ3n) is 7.48. The zero-order valence-corrected chi connectivity index (χ0v) is 23.4. The second-order valence-electron chi connectivity index (χ2n) is 10.1. The number of likely N-dealkylation sites (N-methyl/N-ethyl adjacent to an activating group) is 1. The first-order valence-corrected chi connectivity index (χ1v) is 13.8. The number of phenols is 1. The van der Waals surface area contributed by atoms with Crippen LogP contribution in [0.2, 0.25) is 0 Å². The third kappa shape index (κ3) is 5.53. The Bertz CT molecular complexity index is 1530. The topological polar surface area (TPSA) is 135 Å². The van der Waals surface area contributed by atoms with Crippen LogP contribution in [0.15, 0.2) is 84.3 Å². The van der Waals surface area contributed by atoms with Gasteiger partial charge in [-0.1, -0.05) is 49.4 Å². The first-order valence-electron chi connectivity index (χ1n) is 13.8. The summed E-state index contributed by atoms with van der Waals surface area (Å²) in [5.74, 6) is -2.01. The highest BCUT2D eigenvalue weighted by molar-refractivity contribution is 6.20. The number of carbonyl (C=O) groups is 4. The van der Waals surface area contributed by atoms with E-state index in [2.05, 4.69) is 15.6 Å². The molecule has 0 aliphatic carbocycles. The number of amides is 4. The molecule has 42 heavy (non-hydrogen) atoms. The van der Waals surface area contributed by atoms with Gasteiger partial charge in [0.15, 0.2) is 5.75 Å². The molecule has 0 radical (unpaired) electrons. The number of para-hydroxylation sites is 1. The first-order chi connectivity index (χ1) is 20.3. The van der Waals surface area contributed by atoms with Crippen molar-refractivity contribution in [3.8, 4) is 5.75 Å². The molecule has 216 valence electrons. The highest BCUT2D eigenvalue weighted by Crippen LogP contribution is 2.32. The number of aromatic hydroxyl groups is 1. The van der Waals surface area contributed by atoms with Gasteiger partial charge in [-0.3, -0.25) is 29.1 Å². The molecule has 2 aliphatic heterocycles. The lowest BCUT2D eigenvalue weighted by Gasteiger charge is -2.34. The number of nitrogens with one attached hydrogen (secondary N) is 2. The molecule has 4 amide bonds. The number of anilines is 1. The van der Waals surface area contributed by atoms with Crippen molar-refractivity contribution < 1.29 is 24.3 Å². The van der Waals surface area contributed by atoms with Crippen molar-refractivity contribution in [2.45, 2.75) is 19.4 Å². The van der Waals surface area contributed by atoms with E-state index in [1.54, 1.807) is 40.3 Å². The van der Waals surface area contributed by atoms with Crippen LogP contribution in [-0.2, 0) is 9.59 Å². The first kappa shape index (κ1) is 28.3. The van der Waals surface area contributed by atoms with E-state index in [0.717, 1.165) is 10.5 Å². The Balaban J connectivity index is 1.33. The minimum absolute atomic E-state index is 0.0153. The summed E-state index contributed by atoms with van der Waals surface area (Å²) in [7, 11) is 1.39. The molecule has 0 spiro atoms. The Morgan fingerprint density at radius 1 is 0.857 bits per heavy atom. The molecule has 2 aliphatic rings. The highest BCUT2D eigenvalue weighted by atomic mass is 16.3. The van der Waals surface area contributed by atoms with Gasteiger partial charge in [-0.25, -0.2) is 0 Å². The lowest BCUT2D eigenvalue weighted by molar-refractivity contribution is -0.136. The zero-order valence-electron chi connectivity index (χ0n) is 23.4. The van der Waals surface area contributed by atoms with Gasteiger partial charge in [0, 0.05) is 39.4 Å². The summed E-state index contributed by atoms with van der Waals surface area (Å²) in [5.41, 5.74) is 1.53. The summed E-state index contributed by atoms with van der Waals surface area (Å²) in [4.78, 5) is 60.5. The van der Waals surface area contributed by atoms with Crippen LogP contribution in [0.3, 0.4) is 0 Å². The van der Waals surface area contributed by atoms with E-state index >= 15 is 0 Å². The zero-order chi connectivity index (χ0) is 29.8. The minimum Gasteiger partial charge on any atom is -0.505 e. The number of phenolic OH excluding ortho intramolecular Hbond substituents is 1. The Hall–Kier alpha value is -5.19. The van der Waals surface area contributed by atoms with Crippen molar-refractivity contribution in [1.82, 2.24) is 25.0 Å². The van der Waals surface area contributed by atoms with Gasteiger partial charge in [-0.05, 0) is 36.2 Å². The Labute approximate surface area is 243 Å². The quantitative estimate of drug-likeness (QED) is 0.279. The summed E-state index contributed by atoms with van der Waals surface area (Å²) in [6.07, 6.45) is 2.21. The maximum absolute atomic E-state index is 13.4. The number of carbonyl (C=O) groups excluding carboxylic acids is 4. The molecule has 1 saturated heterocycles. The van der Waals surface area contributed by atoms with Gasteiger partial charge in [0.1, 0.15) is 17.1 Å². The molecule has 5 rings (SSSR count). The van der Waals surface area contributed by atoms with Crippen LogP contribution in [0, 0.1) is 0 Å². The maximum Gasteiger partial charge on any atom is 0.279 e. The molecule has 2 aromatic carbocycles. The summed E-state index contributed by atoms with van der Waals surface area (Å²) < 4.78 is 0. The Morgan fingerprint density at radius 2 is 1.50 bits per heavy atom. The molecule has 11 heteroatoms. The number of nitrogens with zero attached hydrogens (tertiary/aromatic N) is 4. The standard InChI is InChI=1S/C31H32N6O5/c1-3-22(20-10-5-4-6-11-20)33-25-26(31(42)35(2)30(25)41)34-23-14-9-12-21(27(23)38)28(39)36-16-18-37(19-17-36)29(40)24-13-7-8-15-32-24/h4-15,22,33-34,38H,3,16-19H2,1-2H3/t22-/m1/s1. The number of imide groups is 1. The molecule has 0 saturated carbocycles. The van der Waals surface area contributed by atoms with Gasteiger partial charge >= 0.3 is 0 Å². The van der Waals surface area contributed by atoms with E-state index in [4.69, 9.17) is 0 Å². The summed E-state index contributed by atoms with van der Waals surface area (Å²) in [5, 5.41) is 17.2. The Kier molecular flexibility index (Phi) is 8.19. The summed E-state index contributed by atoms with van der Waals surface area (Å²) >= 11 is 0. The van der Waals surface area contributed by atoms with Crippen LogP contribution >= 0.6 is 0 Å². The molecule has 1 fully saturated rings. The number of hydrogen-bond donors (Lipinski definition) is 3. The van der Waals surface area contributed by atoms with Gasteiger partial charge in [-0.2, -0.15) is 0 Å². The SMILES string of the molecule is CC[C@@H](NC1=C(Nc2cccc(C(=O)N3CCN(C(=O)c4ccccn4)CC3)c2O)C(=O)N(C)C1=O)c1ccccc1. The molecule has 0 unspecified atom stereocenters. The van der Waals surface area contributed by atoms with Crippen LogP contribution in [0.25, 0.3) is 0 Å². The molecule has 0 bridgehead atoms. The smallest absolute Gasteiger partial charge is 0.279 e. The van der Waals surface area contributed by atoms with Gasteiger partial charge < -0.3 is 25.5 Å². The minimum atomic E-state index is -0.560. The molecule has 3 heterocycles. The molecular formula is C31H32N6O5. The van der Waals surface area contributed by atoms with Gasteiger partial charge in [0.2, 0.25) is 0 Å². The highest BCUT2D eigenvalue weighted by Gasteiger charge is 2.38. The van der Waals surface area contributed by atoms with Gasteiger partial charge in [-0.15, -0.1) is 0 Å². The number of pyridine rings is 1. The van der Waals surface area contributed by atoms with Crippen molar-refractivity contribution in [3.05, 3.63) is 101 Å². The average molecular weight is 569 g/mol. The lowest BCUT2D eigenvalue weighted by atomic mass is 10.0. The van der Waals surface area contributed by atoms with Crippen LogP contribution in [-0.4, -0.2) is 81.6 Å². The molecule has 3 N–H and O–H groups in total. The predicted octanol–water partition coefficient (Wildman–Crippen LogP) is 2.75. The van der Waals surface area contributed by atoms with E-state index in [1.807, 2.05) is 37.3 Å². The largest absolute Gasteiger partial charge is 0.505 e. The molecular weight excluding hydrogens is 536 g/mol. The van der Waals surface area contributed by atoms with E-state index in [1.165, 1.54) is 19.2 Å². The molecule has 3 aromatic rings. The van der Waals surface area contributed by atoms with Crippen molar-refractivity contribution in [2.24, 2.45) is 0 Å². The average Bonchev–Trinajstić information content (AvgIpc) is 3.23. The number of piperazine rings is 1. The monoisotopic (exact) mass is 568 g/mol. The number of benzene rings is 2. The predicted molar refractivity (Wildman–Crippen MR) is 155 cm³/mol. The van der Waals surface area contributed by atoms with Crippen molar-refractivity contribution in [2.75, 3.05) is 38.5 Å². The number of rotatable bonds is 8. The summed E-state index contributed by atoms with van der Waals surface area (Å²) in [6, 6.07) is 19.1. The lowest BCUT2D eigenvalue weighted by Crippen LogP contribution is -2.50. The fourth-order valence-corrected chi connectivity index (χ4v) is 5.06. The second kappa shape index (κ2) is 12.1. The van der Waals surface area contributed by atoms with E-state index < -0.39 is 17.7 Å². The molecule has 11 nitrogen and oxygen atoms in total. The van der Waals surface area contributed by atoms with Crippen LogP contribution in [0.5, 0.6) is 5.75 Å². The van der Waals surface area contributed by atoms with E-state index in [9.17, 15) is 24.3 Å². The van der Waals surface area contributed by atoms with Crippen molar-refractivity contribution in [3.63, 3.8) is 0 Å². The second-order valence-corrected chi connectivity index (χ2v) is 10.1. The normalized spacial score (nSPS) is 16.1. The van der Waals surface area contributed by atoms with Crippen LogP contribution in [0.4, 0.5) is 5.69 Å². The number of hydrogen-bond acceptors (Lipinski definition) is 8. The fourth-order valence-electron chi connectivity index (χ4n) is 5.06. The van der Waals surface area contributed by atoms with E-state index in [0.29, 0.717) is 25.2 Å². The van der Waals surface area contributed by atoms with E-state index in [-0.39, 0.29) is 53.4 Å². The Morgan fingerprint density at radius 3 is 2.14 bits per heavy atom. The molecule has 1 aromatic heterocycles. The summed E-state index contributed by atoms with van der Waals surface area (Å²) in [6.45, 7) is 3.18. The number of aromatic nitrogens is 1.